The third-order valence-corrected chi connectivity index (χ3v) is 2.01. The van der Waals surface area contributed by atoms with Crippen molar-refractivity contribution in [3.63, 3.8) is 0 Å². The molecule has 0 unspecified atom stereocenters. The number of carboxylic acids is 1. The van der Waals surface area contributed by atoms with Crippen LogP contribution >= 0.6 is 0 Å². The molecule has 0 amide bonds. The second kappa shape index (κ2) is 8.52. The highest BCUT2D eigenvalue weighted by Gasteiger charge is 2.05. The smallest absolute Gasteiger partial charge is 0.304 e. The molecule has 0 radical (unpaired) electrons. The van der Waals surface area contributed by atoms with Crippen LogP contribution in [-0.4, -0.2) is 35.6 Å². The number of nitriles is 1. The molecule has 0 aliphatic rings. The van der Waals surface area contributed by atoms with E-state index in [2.05, 4.69) is 13.0 Å². The molecule has 0 saturated heterocycles. The molecule has 14 heavy (non-hydrogen) atoms. The first kappa shape index (κ1) is 12.9. The first-order valence-electron chi connectivity index (χ1n) is 5.01. The van der Waals surface area contributed by atoms with Crippen molar-refractivity contribution in [1.29, 1.82) is 5.26 Å². The zero-order valence-electron chi connectivity index (χ0n) is 8.70. The normalized spacial score (nSPS) is 10.1. The van der Waals surface area contributed by atoms with Crippen LogP contribution in [-0.2, 0) is 4.79 Å². The summed E-state index contributed by atoms with van der Waals surface area (Å²) in [6.45, 7) is 3.75. The number of aliphatic carboxylic acids is 1. The molecule has 4 nitrogen and oxygen atoms in total. The molecule has 0 spiro atoms. The molecule has 0 saturated carbocycles. The average molecular weight is 198 g/mol. The van der Waals surface area contributed by atoms with Crippen LogP contribution in [0.2, 0.25) is 0 Å². The van der Waals surface area contributed by atoms with E-state index in [1.807, 2.05) is 4.90 Å². The van der Waals surface area contributed by atoms with Crippen molar-refractivity contribution in [2.75, 3.05) is 19.6 Å². The molecule has 0 aromatic carbocycles. The van der Waals surface area contributed by atoms with Crippen molar-refractivity contribution in [3.05, 3.63) is 0 Å². The minimum atomic E-state index is -0.802. The van der Waals surface area contributed by atoms with Gasteiger partial charge in [-0.15, -0.1) is 0 Å². The summed E-state index contributed by atoms with van der Waals surface area (Å²) < 4.78 is 0. The maximum absolute atomic E-state index is 10.3. The van der Waals surface area contributed by atoms with E-state index in [-0.39, 0.29) is 6.42 Å². The quantitative estimate of drug-likeness (QED) is 0.474. The molecule has 0 atom stereocenters. The van der Waals surface area contributed by atoms with Crippen LogP contribution in [0, 0.1) is 11.3 Å². The summed E-state index contributed by atoms with van der Waals surface area (Å²) in [7, 11) is 0. The van der Waals surface area contributed by atoms with Gasteiger partial charge in [0, 0.05) is 6.54 Å². The lowest BCUT2D eigenvalue weighted by molar-refractivity contribution is -0.137. The zero-order valence-corrected chi connectivity index (χ0v) is 8.70. The number of nitrogens with zero attached hydrogens (tertiary/aromatic N) is 2. The molecule has 0 aromatic heterocycles. The van der Waals surface area contributed by atoms with Gasteiger partial charge in [-0.25, -0.2) is 0 Å². The van der Waals surface area contributed by atoms with Crippen LogP contribution in [0.4, 0.5) is 0 Å². The first-order chi connectivity index (χ1) is 6.70. The third kappa shape index (κ3) is 7.56. The van der Waals surface area contributed by atoms with Crippen LogP contribution in [0.15, 0.2) is 0 Å². The van der Waals surface area contributed by atoms with E-state index >= 15 is 0 Å². The molecule has 0 heterocycles. The lowest BCUT2D eigenvalue weighted by Crippen LogP contribution is -2.27. The Labute approximate surface area is 85.1 Å². The van der Waals surface area contributed by atoms with Gasteiger partial charge >= 0.3 is 5.97 Å². The minimum Gasteiger partial charge on any atom is -0.481 e. The van der Waals surface area contributed by atoms with E-state index in [1.54, 1.807) is 0 Å². The Morgan fingerprint density at radius 3 is 2.64 bits per heavy atom. The maximum Gasteiger partial charge on any atom is 0.304 e. The summed E-state index contributed by atoms with van der Waals surface area (Å²) in [6, 6.07) is 2.05. The van der Waals surface area contributed by atoms with Gasteiger partial charge in [-0.2, -0.15) is 5.26 Å². The molecule has 0 fully saturated rings. The van der Waals surface area contributed by atoms with Crippen LogP contribution in [0.1, 0.15) is 32.6 Å². The van der Waals surface area contributed by atoms with E-state index < -0.39 is 5.97 Å². The van der Waals surface area contributed by atoms with Crippen LogP contribution in [0.5, 0.6) is 0 Å². The lowest BCUT2D eigenvalue weighted by Gasteiger charge is -2.17. The summed E-state index contributed by atoms with van der Waals surface area (Å²) in [6.07, 6.45) is 3.43. The fourth-order valence-corrected chi connectivity index (χ4v) is 1.21. The summed E-state index contributed by atoms with van der Waals surface area (Å²) in [5.41, 5.74) is 0. The van der Waals surface area contributed by atoms with Crippen molar-refractivity contribution in [3.8, 4) is 6.07 Å². The molecule has 0 aliphatic heterocycles. The largest absolute Gasteiger partial charge is 0.481 e. The molecular formula is C10H18N2O2. The van der Waals surface area contributed by atoms with Gasteiger partial charge in [0.05, 0.1) is 19.0 Å². The first-order valence-corrected chi connectivity index (χ1v) is 5.01. The standard InChI is InChI=1S/C10H18N2O2/c1-2-3-4-7-12(9-6-11)8-5-10(13)14/h2-5,7-9H2,1H3,(H,13,14). The summed E-state index contributed by atoms with van der Waals surface area (Å²) >= 11 is 0. The molecule has 0 aliphatic carbocycles. The second-order valence-corrected chi connectivity index (χ2v) is 3.29. The molecular weight excluding hydrogens is 180 g/mol. The summed E-state index contributed by atoms with van der Waals surface area (Å²) in [5.74, 6) is -0.802. The third-order valence-electron chi connectivity index (χ3n) is 2.01. The van der Waals surface area contributed by atoms with Gasteiger partial charge in [-0.05, 0) is 13.0 Å². The van der Waals surface area contributed by atoms with E-state index in [0.717, 1.165) is 25.8 Å². The number of rotatable bonds is 8. The fraction of sp³-hybridized carbons (Fsp3) is 0.800. The summed E-state index contributed by atoms with van der Waals surface area (Å²) in [5, 5.41) is 17.0. The number of unbranched alkanes of at least 4 members (excludes halogenated alkanes) is 2. The fourth-order valence-electron chi connectivity index (χ4n) is 1.21. The predicted octanol–water partition coefficient (Wildman–Crippen LogP) is 1.48. The monoisotopic (exact) mass is 198 g/mol. The van der Waals surface area contributed by atoms with Crippen molar-refractivity contribution in [1.82, 2.24) is 4.90 Å². The van der Waals surface area contributed by atoms with Crippen LogP contribution in [0.3, 0.4) is 0 Å². The highest BCUT2D eigenvalue weighted by molar-refractivity contribution is 5.66. The number of carbonyl (C=O) groups is 1. The van der Waals surface area contributed by atoms with Gasteiger partial charge in [-0.1, -0.05) is 19.8 Å². The zero-order chi connectivity index (χ0) is 10.8. The highest BCUT2D eigenvalue weighted by Crippen LogP contribution is 1.99. The Morgan fingerprint density at radius 2 is 2.14 bits per heavy atom. The average Bonchev–Trinajstić information content (AvgIpc) is 2.14. The van der Waals surface area contributed by atoms with Gasteiger partial charge in [0.15, 0.2) is 0 Å². The maximum atomic E-state index is 10.3. The van der Waals surface area contributed by atoms with Crippen molar-refractivity contribution < 1.29 is 9.90 Å². The summed E-state index contributed by atoms with van der Waals surface area (Å²) in [4.78, 5) is 12.2. The Morgan fingerprint density at radius 1 is 1.43 bits per heavy atom. The van der Waals surface area contributed by atoms with Crippen molar-refractivity contribution >= 4 is 5.97 Å². The highest BCUT2D eigenvalue weighted by atomic mass is 16.4. The van der Waals surface area contributed by atoms with E-state index in [4.69, 9.17) is 10.4 Å². The van der Waals surface area contributed by atoms with Gasteiger partial charge in [0.25, 0.3) is 0 Å². The molecule has 4 heteroatoms. The van der Waals surface area contributed by atoms with E-state index in [9.17, 15) is 4.79 Å². The number of hydrogen-bond donors (Lipinski definition) is 1. The predicted molar refractivity (Wildman–Crippen MR) is 53.8 cm³/mol. The van der Waals surface area contributed by atoms with Crippen LogP contribution < -0.4 is 0 Å². The van der Waals surface area contributed by atoms with Gasteiger partial charge < -0.3 is 5.11 Å². The van der Waals surface area contributed by atoms with Crippen molar-refractivity contribution in [2.24, 2.45) is 0 Å². The molecule has 0 rings (SSSR count). The molecule has 0 aromatic rings. The van der Waals surface area contributed by atoms with Gasteiger partial charge in [-0.3, -0.25) is 9.69 Å². The Kier molecular flexibility index (Phi) is 7.86. The SMILES string of the molecule is CCCCCN(CC#N)CCC(=O)O. The van der Waals surface area contributed by atoms with Crippen molar-refractivity contribution in [2.45, 2.75) is 32.6 Å². The van der Waals surface area contributed by atoms with E-state index in [1.165, 1.54) is 0 Å². The topological polar surface area (TPSA) is 64.3 Å². The Hall–Kier alpha value is -1.08. The second-order valence-electron chi connectivity index (χ2n) is 3.29. The molecule has 1 N–H and O–H groups in total. The Bertz CT molecular complexity index is 199. The Balaban J connectivity index is 3.66. The van der Waals surface area contributed by atoms with Gasteiger partial charge in [0.1, 0.15) is 0 Å². The number of hydrogen-bond acceptors (Lipinski definition) is 3. The minimum absolute atomic E-state index is 0.119. The van der Waals surface area contributed by atoms with Gasteiger partial charge in [0.2, 0.25) is 0 Å². The van der Waals surface area contributed by atoms with E-state index in [0.29, 0.717) is 13.1 Å². The molecule has 0 bridgehead atoms. The molecule has 80 valence electrons. The van der Waals surface area contributed by atoms with Crippen LogP contribution in [0.25, 0.3) is 0 Å². The lowest BCUT2D eigenvalue weighted by atomic mass is 10.2. The number of carboxylic acid groups (broad SMARTS) is 1.